The fourth-order valence-electron chi connectivity index (χ4n) is 2.37. The number of nitrogens with one attached hydrogen (secondary N) is 1. The smallest absolute Gasteiger partial charge is 0.220 e. The van der Waals surface area contributed by atoms with Crippen molar-refractivity contribution in [1.29, 1.82) is 0 Å². The van der Waals surface area contributed by atoms with Gasteiger partial charge in [-0.1, -0.05) is 33.1 Å². The average Bonchev–Trinajstić information content (AvgIpc) is 2.44. The Morgan fingerprint density at radius 2 is 2.06 bits per heavy atom. The van der Waals surface area contributed by atoms with Crippen molar-refractivity contribution in [2.24, 2.45) is 17.6 Å². The Labute approximate surface area is 99.2 Å². The lowest BCUT2D eigenvalue weighted by Crippen LogP contribution is -2.39. The van der Waals surface area contributed by atoms with Gasteiger partial charge in [-0.2, -0.15) is 0 Å². The van der Waals surface area contributed by atoms with Crippen molar-refractivity contribution in [3.63, 3.8) is 0 Å². The highest BCUT2D eigenvalue weighted by Crippen LogP contribution is 2.23. The van der Waals surface area contributed by atoms with Crippen LogP contribution in [-0.4, -0.2) is 18.5 Å². The predicted octanol–water partition coefficient (Wildman–Crippen LogP) is 2.06. The molecule has 3 N–H and O–H groups in total. The van der Waals surface area contributed by atoms with Crippen molar-refractivity contribution < 1.29 is 4.79 Å². The van der Waals surface area contributed by atoms with E-state index in [1.54, 1.807) is 0 Å². The molecule has 0 saturated heterocycles. The quantitative estimate of drug-likeness (QED) is 0.721. The second-order valence-corrected chi connectivity index (χ2v) is 5.33. The van der Waals surface area contributed by atoms with Crippen molar-refractivity contribution >= 4 is 5.91 Å². The molecule has 0 heterocycles. The van der Waals surface area contributed by atoms with E-state index in [9.17, 15) is 4.79 Å². The first-order chi connectivity index (χ1) is 7.63. The van der Waals surface area contributed by atoms with Crippen LogP contribution >= 0.6 is 0 Å². The fourth-order valence-corrected chi connectivity index (χ4v) is 2.37. The van der Waals surface area contributed by atoms with E-state index < -0.39 is 0 Å². The lowest BCUT2D eigenvalue weighted by atomic mass is 9.96. The molecular weight excluding hydrogens is 200 g/mol. The summed E-state index contributed by atoms with van der Waals surface area (Å²) in [5.74, 6) is 1.09. The minimum atomic E-state index is 0.177. The minimum Gasteiger partial charge on any atom is -0.353 e. The van der Waals surface area contributed by atoms with E-state index in [1.807, 2.05) is 6.92 Å². The molecular formula is C13H26N2O. The van der Waals surface area contributed by atoms with Gasteiger partial charge in [-0.05, 0) is 31.2 Å². The highest BCUT2D eigenvalue weighted by Gasteiger charge is 2.21. The Morgan fingerprint density at radius 3 is 2.75 bits per heavy atom. The number of hydrogen-bond donors (Lipinski definition) is 2. The first kappa shape index (κ1) is 13.5. The van der Waals surface area contributed by atoms with Crippen LogP contribution in [0.3, 0.4) is 0 Å². The third kappa shape index (κ3) is 4.52. The van der Waals surface area contributed by atoms with Gasteiger partial charge in [0.25, 0.3) is 0 Å². The fraction of sp³-hybridized carbons (Fsp3) is 0.923. The predicted molar refractivity (Wildman–Crippen MR) is 67.0 cm³/mol. The molecule has 3 heteroatoms. The number of carbonyl (C=O) groups is 1. The first-order valence-corrected chi connectivity index (χ1v) is 6.63. The Balaban J connectivity index is 2.36. The van der Waals surface area contributed by atoms with Crippen LogP contribution in [0.25, 0.3) is 0 Å². The van der Waals surface area contributed by atoms with Crippen LogP contribution < -0.4 is 11.1 Å². The lowest BCUT2D eigenvalue weighted by Gasteiger charge is -2.23. The van der Waals surface area contributed by atoms with E-state index in [2.05, 4.69) is 12.2 Å². The topological polar surface area (TPSA) is 55.1 Å². The normalized spacial score (nSPS) is 28.2. The molecule has 0 radical (unpaired) electrons. The van der Waals surface area contributed by atoms with E-state index in [4.69, 9.17) is 5.73 Å². The van der Waals surface area contributed by atoms with Gasteiger partial charge in [0.2, 0.25) is 5.91 Å². The maximum Gasteiger partial charge on any atom is 0.220 e. The van der Waals surface area contributed by atoms with Crippen molar-refractivity contribution in [2.75, 3.05) is 6.54 Å². The molecule has 1 aliphatic rings. The van der Waals surface area contributed by atoms with Crippen LogP contribution in [0.5, 0.6) is 0 Å². The van der Waals surface area contributed by atoms with Gasteiger partial charge >= 0.3 is 0 Å². The number of nitrogens with two attached hydrogens (primary N) is 1. The summed E-state index contributed by atoms with van der Waals surface area (Å²) in [7, 11) is 0. The van der Waals surface area contributed by atoms with E-state index >= 15 is 0 Å². The van der Waals surface area contributed by atoms with Gasteiger partial charge in [0.05, 0.1) is 0 Å². The maximum absolute atomic E-state index is 11.8. The van der Waals surface area contributed by atoms with Crippen molar-refractivity contribution in [2.45, 2.75) is 58.4 Å². The monoisotopic (exact) mass is 226 g/mol. The summed E-state index contributed by atoms with van der Waals surface area (Å²) in [6.45, 7) is 4.87. The Kier molecular flexibility index (Phi) is 5.81. The number of amides is 1. The Bertz CT molecular complexity index is 218. The first-order valence-electron chi connectivity index (χ1n) is 6.63. The lowest BCUT2D eigenvalue weighted by molar-refractivity contribution is -0.122. The standard InChI is InChI=1S/C13H26N2O/c1-10(9-14)8-13(16)15-12-7-5-3-4-6-11(12)2/h10-12H,3-9,14H2,1-2H3,(H,15,16). The largest absolute Gasteiger partial charge is 0.353 e. The SMILES string of the molecule is CC(CN)CC(=O)NC1CCCCCC1C. The molecule has 16 heavy (non-hydrogen) atoms. The van der Waals surface area contributed by atoms with Gasteiger partial charge in [0.1, 0.15) is 0 Å². The maximum atomic E-state index is 11.8. The van der Waals surface area contributed by atoms with Gasteiger partial charge in [-0.15, -0.1) is 0 Å². The highest BCUT2D eigenvalue weighted by molar-refractivity contribution is 5.76. The molecule has 1 aliphatic carbocycles. The summed E-state index contributed by atoms with van der Waals surface area (Å²) in [5, 5.41) is 3.18. The summed E-state index contributed by atoms with van der Waals surface area (Å²) in [5.41, 5.74) is 5.53. The molecule has 1 fully saturated rings. The zero-order chi connectivity index (χ0) is 12.0. The summed E-state index contributed by atoms with van der Waals surface area (Å²) in [6.07, 6.45) is 6.84. The van der Waals surface area contributed by atoms with Crippen molar-refractivity contribution in [1.82, 2.24) is 5.32 Å². The van der Waals surface area contributed by atoms with Gasteiger partial charge in [-0.3, -0.25) is 4.79 Å². The van der Waals surface area contributed by atoms with E-state index in [-0.39, 0.29) is 5.91 Å². The second-order valence-electron chi connectivity index (χ2n) is 5.33. The molecule has 0 aromatic rings. The molecule has 0 aliphatic heterocycles. The number of rotatable bonds is 4. The van der Waals surface area contributed by atoms with Crippen LogP contribution in [0.4, 0.5) is 0 Å². The molecule has 0 aromatic heterocycles. The summed E-state index contributed by atoms with van der Waals surface area (Å²) in [6, 6.07) is 0.389. The molecule has 1 saturated carbocycles. The van der Waals surface area contributed by atoms with Crippen LogP contribution in [0.2, 0.25) is 0 Å². The van der Waals surface area contributed by atoms with Gasteiger partial charge in [0, 0.05) is 12.5 Å². The molecule has 1 rings (SSSR count). The molecule has 94 valence electrons. The van der Waals surface area contributed by atoms with E-state index in [0.29, 0.717) is 30.8 Å². The zero-order valence-electron chi connectivity index (χ0n) is 10.7. The molecule has 0 aromatic carbocycles. The van der Waals surface area contributed by atoms with Crippen LogP contribution in [0, 0.1) is 11.8 Å². The average molecular weight is 226 g/mol. The van der Waals surface area contributed by atoms with Gasteiger partial charge in [-0.25, -0.2) is 0 Å². The van der Waals surface area contributed by atoms with Crippen LogP contribution in [0.1, 0.15) is 52.4 Å². The summed E-state index contributed by atoms with van der Waals surface area (Å²) < 4.78 is 0. The third-order valence-electron chi connectivity index (χ3n) is 3.64. The second kappa shape index (κ2) is 6.89. The molecule has 0 spiro atoms. The Morgan fingerprint density at radius 1 is 1.38 bits per heavy atom. The molecule has 3 atom stereocenters. The highest BCUT2D eigenvalue weighted by atomic mass is 16.1. The minimum absolute atomic E-state index is 0.177. The van der Waals surface area contributed by atoms with Gasteiger partial charge in [0.15, 0.2) is 0 Å². The van der Waals surface area contributed by atoms with Crippen LogP contribution in [0.15, 0.2) is 0 Å². The van der Waals surface area contributed by atoms with Gasteiger partial charge < -0.3 is 11.1 Å². The van der Waals surface area contributed by atoms with Crippen molar-refractivity contribution in [3.05, 3.63) is 0 Å². The molecule has 0 bridgehead atoms. The zero-order valence-corrected chi connectivity index (χ0v) is 10.7. The molecule has 1 amide bonds. The van der Waals surface area contributed by atoms with E-state index in [0.717, 1.165) is 6.42 Å². The van der Waals surface area contributed by atoms with Crippen LogP contribution in [-0.2, 0) is 4.79 Å². The summed E-state index contributed by atoms with van der Waals surface area (Å²) >= 11 is 0. The summed E-state index contributed by atoms with van der Waals surface area (Å²) in [4.78, 5) is 11.8. The number of carbonyl (C=O) groups excluding carboxylic acids is 1. The Hall–Kier alpha value is -0.570. The third-order valence-corrected chi connectivity index (χ3v) is 3.64. The van der Waals surface area contributed by atoms with Crippen molar-refractivity contribution in [3.8, 4) is 0 Å². The molecule has 3 unspecified atom stereocenters. The molecule has 3 nitrogen and oxygen atoms in total. The number of hydrogen-bond acceptors (Lipinski definition) is 2. The van der Waals surface area contributed by atoms with E-state index in [1.165, 1.54) is 25.7 Å².